The van der Waals surface area contributed by atoms with E-state index in [1.54, 1.807) is 18.4 Å². The number of furan rings is 1. The third-order valence-corrected chi connectivity index (χ3v) is 4.89. The SMILES string of the molecule is Fc1cccc(CN2C[C@@H]3CN(Cc4ccco4)C[C@H]3C2)c1. The molecule has 2 saturated heterocycles. The highest BCUT2D eigenvalue weighted by Crippen LogP contribution is 2.32. The van der Waals surface area contributed by atoms with E-state index in [0.29, 0.717) is 0 Å². The van der Waals surface area contributed by atoms with Crippen LogP contribution >= 0.6 is 0 Å². The number of fused-ring (bicyclic) bond motifs is 1. The number of rotatable bonds is 4. The first-order valence-electron chi connectivity index (χ1n) is 7.98. The molecule has 4 heteroatoms. The van der Waals surface area contributed by atoms with Gasteiger partial charge in [-0.15, -0.1) is 0 Å². The minimum Gasteiger partial charge on any atom is -0.468 e. The van der Waals surface area contributed by atoms with Gasteiger partial charge in [-0.1, -0.05) is 12.1 Å². The molecule has 1 aromatic heterocycles. The van der Waals surface area contributed by atoms with Crippen LogP contribution in [-0.4, -0.2) is 36.0 Å². The Morgan fingerprint density at radius 2 is 1.68 bits per heavy atom. The fourth-order valence-electron chi connectivity index (χ4n) is 3.96. The van der Waals surface area contributed by atoms with Crippen molar-refractivity contribution in [2.45, 2.75) is 13.1 Å². The largest absolute Gasteiger partial charge is 0.468 e. The van der Waals surface area contributed by atoms with E-state index in [2.05, 4.69) is 9.80 Å². The molecule has 0 aliphatic carbocycles. The highest BCUT2D eigenvalue weighted by Gasteiger charge is 2.39. The predicted octanol–water partition coefficient (Wildman–Crippen LogP) is 2.98. The second kappa shape index (κ2) is 5.86. The zero-order chi connectivity index (χ0) is 14.9. The van der Waals surface area contributed by atoms with Gasteiger partial charge in [0.2, 0.25) is 0 Å². The molecule has 0 unspecified atom stereocenters. The van der Waals surface area contributed by atoms with Crippen molar-refractivity contribution in [3.8, 4) is 0 Å². The summed E-state index contributed by atoms with van der Waals surface area (Å²) in [5, 5.41) is 0. The van der Waals surface area contributed by atoms with E-state index in [1.807, 2.05) is 18.2 Å². The Labute approximate surface area is 130 Å². The van der Waals surface area contributed by atoms with Crippen molar-refractivity contribution in [2.75, 3.05) is 26.2 Å². The number of benzene rings is 1. The molecule has 2 aromatic rings. The van der Waals surface area contributed by atoms with Gasteiger partial charge in [0.15, 0.2) is 0 Å². The summed E-state index contributed by atoms with van der Waals surface area (Å²) < 4.78 is 18.7. The fourth-order valence-corrected chi connectivity index (χ4v) is 3.96. The number of hydrogen-bond acceptors (Lipinski definition) is 3. The number of likely N-dealkylation sites (tertiary alicyclic amines) is 2. The molecule has 3 heterocycles. The Bertz CT molecular complexity index is 614. The van der Waals surface area contributed by atoms with Gasteiger partial charge in [0.25, 0.3) is 0 Å². The molecule has 0 saturated carbocycles. The van der Waals surface area contributed by atoms with Crippen molar-refractivity contribution < 1.29 is 8.81 Å². The van der Waals surface area contributed by atoms with E-state index in [1.165, 1.54) is 6.07 Å². The van der Waals surface area contributed by atoms with E-state index in [9.17, 15) is 4.39 Å². The molecule has 2 fully saturated rings. The highest BCUT2D eigenvalue weighted by molar-refractivity contribution is 5.16. The maximum atomic E-state index is 13.3. The molecule has 0 amide bonds. The van der Waals surface area contributed by atoms with Gasteiger partial charge in [-0.3, -0.25) is 9.80 Å². The molecule has 4 rings (SSSR count). The van der Waals surface area contributed by atoms with Gasteiger partial charge in [-0.05, 0) is 41.7 Å². The van der Waals surface area contributed by atoms with Crippen molar-refractivity contribution in [2.24, 2.45) is 11.8 Å². The quantitative estimate of drug-likeness (QED) is 0.865. The van der Waals surface area contributed by atoms with Gasteiger partial charge in [0.1, 0.15) is 11.6 Å². The fraction of sp³-hybridized carbons (Fsp3) is 0.444. The molecule has 0 bridgehead atoms. The molecule has 3 nitrogen and oxygen atoms in total. The lowest BCUT2D eigenvalue weighted by Crippen LogP contribution is -2.28. The minimum absolute atomic E-state index is 0.137. The van der Waals surface area contributed by atoms with E-state index in [0.717, 1.165) is 62.4 Å². The van der Waals surface area contributed by atoms with Crippen molar-refractivity contribution in [3.63, 3.8) is 0 Å². The zero-order valence-electron chi connectivity index (χ0n) is 12.6. The summed E-state index contributed by atoms with van der Waals surface area (Å²) in [5.74, 6) is 2.39. The standard InChI is InChI=1S/C18H21FN2O/c19-17-4-1-3-14(7-17)8-20-9-15-11-21(12-16(15)10-20)13-18-5-2-6-22-18/h1-7,15-16H,8-13H2/t15-,16-/m1/s1. The molecular weight excluding hydrogens is 279 g/mol. The van der Waals surface area contributed by atoms with Crippen LogP contribution in [0, 0.1) is 17.7 Å². The van der Waals surface area contributed by atoms with Gasteiger partial charge in [-0.2, -0.15) is 0 Å². The zero-order valence-corrected chi connectivity index (χ0v) is 12.6. The molecule has 22 heavy (non-hydrogen) atoms. The molecular formula is C18H21FN2O. The molecule has 2 atom stereocenters. The van der Waals surface area contributed by atoms with Crippen LogP contribution in [0.25, 0.3) is 0 Å². The average Bonchev–Trinajstić information content (AvgIpc) is 3.16. The Morgan fingerprint density at radius 1 is 0.955 bits per heavy atom. The number of hydrogen-bond donors (Lipinski definition) is 0. The number of nitrogens with zero attached hydrogens (tertiary/aromatic N) is 2. The maximum absolute atomic E-state index is 13.3. The van der Waals surface area contributed by atoms with Crippen LogP contribution in [-0.2, 0) is 13.1 Å². The lowest BCUT2D eigenvalue weighted by Gasteiger charge is -2.20. The van der Waals surface area contributed by atoms with E-state index >= 15 is 0 Å². The van der Waals surface area contributed by atoms with Crippen molar-refractivity contribution >= 4 is 0 Å². The molecule has 0 N–H and O–H groups in total. The number of halogens is 1. The second-order valence-electron chi connectivity index (χ2n) is 6.62. The molecule has 2 aliphatic heterocycles. The smallest absolute Gasteiger partial charge is 0.123 e. The van der Waals surface area contributed by atoms with E-state index < -0.39 is 0 Å². The Morgan fingerprint density at radius 3 is 2.32 bits per heavy atom. The summed E-state index contributed by atoms with van der Waals surface area (Å²) in [6.45, 7) is 6.31. The second-order valence-corrected chi connectivity index (χ2v) is 6.62. The summed E-state index contributed by atoms with van der Waals surface area (Å²) in [6.07, 6.45) is 1.74. The summed E-state index contributed by atoms with van der Waals surface area (Å²) in [5.41, 5.74) is 1.08. The van der Waals surface area contributed by atoms with Crippen LogP contribution in [0.5, 0.6) is 0 Å². The first kappa shape index (κ1) is 14.0. The van der Waals surface area contributed by atoms with Crippen LogP contribution in [0.1, 0.15) is 11.3 Å². The van der Waals surface area contributed by atoms with Crippen LogP contribution < -0.4 is 0 Å². The monoisotopic (exact) mass is 300 g/mol. The van der Waals surface area contributed by atoms with Crippen LogP contribution in [0.2, 0.25) is 0 Å². The summed E-state index contributed by atoms with van der Waals surface area (Å²) in [7, 11) is 0. The van der Waals surface area contributed by atoms with E-state index in [-0.39, 0.29) is 5.82 Å². The predicted molar refractivity (Wildman–Crippen MR) is 82.6 cm³/mol. The Hall–Kier alpha value is -1.65. The highest BCUT2D eigenvalue weighted by atomic mass is 19.1. The average molecular weight is 300 g/mol. The van der Waals surface area contributed by atoms with Crippen LogP contribution in [0.3, 0.4) is 0 Å². The lowest BCUT2D eigenvalue weighted by molar-refractivity contribution is 0.234. The Balaban J connectivity index is 1.32. The van der Waals surface area contributed by atoms with Crippen molar-refractivity contribution in [1.82, 2.24) is 9.80 Å². The molecule has 0 radical (unpaired) electrons. The van der Waals surface area contributed by atoms with Gasteiger partial charge in [-0.25, -0.2) is 4.39 Å². The third kappa shape index (κ3) is 2.94. The summed E-state index contributed by atoms with van der Waals surface area (Å²) in [4.78, 5) is 4.96. The van der Waals surface area contributed by atoms with Gasteiger partial charge >= 0.3 is 0 Å². The van der Waals surface area contributed by atoms with Crippen LogP contribution in [0.15, 0.2) is 47.1 Å². The topological polar surface area (TPSA) is 19.6 Å². The molecule has 1 aromatic carbocycles. The first-order chi connectivity index (χ1) is 10.8. The van der Waals surface area contributed by atoms with Gasteiger partial charge in [0.05, 0.1) is 12.8 Å². The lowest BCUT2D eigenvalue weighted by atomic mass is 10.0. The molecule has 0 spiro atoms. The molecule has 2 aliphatic rings. The van der Waals surface area contributed by atoms with Gasteiger partial charge in [0, 0.05) is 32.7 Å². The maximum Gasteiger partial charge on any atom is 0.123 e. The normalized spacial score (nSPS) is 25.7. The first-order valence-corrected chi connectivity index (χ1v) is 7.98. The minimum atomic E-state index is -0.137. The van der Waals surface area contributed by atoms with Gasteiger partial charge < -0.3 is 4.42 Å². The summed E-state index contributed by atoms with van der Waals surface area (Å²) in [6, 6.07) is 11.0. The summed E-state index contributed by atoms with van der Waals surface area (Å²) >= 11 is 0. The third-order valence-electron chi connectivity index (χ3n) is 4.89. The molecule has 116 valence electrons. The van der Waals surface area contributed by atoms with Crippen molar-refractivity contribution in [1.29, 1.82) is 0 Å². The van der Waals surface area contributed by atoms with Crippen molar-refractivity contribution in [3.05, 3.63) is 59.8 Å². The van der Waals surface area contributed by atoms with Crippen LogP contribution in [0.4, 0.5) is 4.39 Å². The Kier molecular flexibility index (Phi) is 3.72. The van der Waals surface area contributed by atoms with E-state index in [4.69, 9.17) is 4.42 Å².